The van der Waals surface area contributed by atoms with Crippen molar-refractivity contribution in [3.05, 3.63) is 18.0 Å². The maximum absolute atomic E-state index is 10.8. The Bertz CT molecular complexity index is 331. The minimum absolute atomic E-state index is 0.0240. The molecule has 6 heteroatoms. The number of aromatic nitrogens is 2. The van der Waals surface area contributed by atoms with Crippen LogP contribution in [-0.2, 0) is 16.1 Å². The number of methoxy groups -OCH3 is 1. The zero-order valence-electron chi connectivity index (χ0n) is 7.06. The first-order chi connectivity index (χ1) is 6.13. The molecule has 0 radical (unpaired) electrons. The van der Waals surface area contributed by atoms with Crippen LogP contribution in [-0.4, -0.2) is 28.8 Å². The summed E-state index contributed by atoms with van der Waals surface area (Å²) in [5.41, 5.74) is 5.25. The molecule has 1 heterocycles. The van der Waals surface area contributed by atoms with Gasteiger partial charge in [0.15, 0.2) is 0 Å². The molecule has 0 saturated heterocycles. The highest BCUT2D eigenvalue weighted by Crippen LogP contribution is 1.96. The number of primary amides is 1. The molecule has 0 fully saturated rings. The minimum Gasteiger partial charge on any atom is -0.468 e. The monoisotopic (exact) mass is 183 g/mol. The average molecular weight is 183 g/mol. The second kappa shape index (κ2) is 3.70. The van der Waals surface area contributed by atoms with Crippen LogP contribution in [0.4, 0.5) is 0 Å². The van der Waals surface area contributed by atoms with Gasteiger partial charge in [0.1, 0.15) is 6.54 Å². The van der Waals surface area contributed by atoms with Crippen molar-refractivity contribution in [2.24, 2.45) is 5.73 Å². The van der Waals surface area contributed by atoms with E-state index in [4.69, 9.17) is 5.73 Å². The molecule has 1 aromatic rings. The van der Waals surface area contributed by atoms with Gasteiger partial charge in [-0.2, -0.15) is 5.10 Å². The molecule has 0 bridgehead atoms. The van der Waals surface area contributed by atoms with E-state index in [0.717, 1.165) is 0 Å². The lowest BCUT2D eigenvalue weighted by atomic mass is 10.3. The average Bonchev–Trinajstić information content (AvgIpc) is 2.52. The van der Waals surface area contributed by atoms with Gasteiger partial charge in [-0.3, -0.25) is 14.3 Å². The van der Waals surface area contributed by atoms with E-state index in [-0.39, 0.29) is 12.1 Å². The van der Waals surface area contributed by atoms with Crippen LogP contribution in [0.5, 0.6) is 0 Å². The van der Waals surface area contributed by atoms with Gasteiger partial charge in [-0.1, -0.05) is 0 Å². The molecule has 1 rings (SSSR count). The molecule has 1 amide bonds. The van der Waals surface area contributed by atoms with Crippen LogP contribution in [0.2, 0.25) is 0 Å². The second-order valence-electron chi connectivity index (χ2n) is 2.37. The zero-order valence-corrected chi connectivity index (χ0v) is 7.06. The highest BCUT2D eigenvalue weighted by Gasteiger charge is 2.06. The standard InChI is InChI=1S/C7H9N3O3/c1-13-6(11)4-10-3-5(2-9-10)7(8)12/h2-3H,4H2,1H3,(H2,8,12). The summed E-state index contributed by atoms with van der Waals surface area (Å²) in [6.07, 6.45) is 2.69. The Morgan fingerprint density at radius 3 is 2.85 bits per heavy atom. The van der Waals surface area contributed by atoms with Crippen molar-refractivity contribution in [1.29, 1.82) is 0 Å². The lowest BCUT2D eigenvalue weighted by Crippen LogP contribution is -2.12. The van der Waals surface area contributed by atoms with Crippen molar-refractivity contribution in [2.75, 3.05) is 7.11 Å². The Labute approximate surface area is 74.3 Å². The van der Waals surface area contributed by atoms with E-state index in [1.807, 2.05) is 0 Å². The summed E-state index contributed by atoms with van der Waals surface area (Å²) in [5.74, 6) is -1.00. The molecule has 6 nitrogen and oxygen atoms in total. The third-order valence-corrected chi connectivity index (χ3v) is 1.44. The Kier molecular flexibility index (Phi) is 2.63. The lowest BCUT2D eigenvalue weighted by molar-refractivity contribution is -0.141. The molecule has 2 N–H and O–H groups in total. The molecule has 70 valence electrons. The third-order valence-electron chi connectivity index (χ3n) is 1.44. The third kappa shape index (κ3) is 2.29. The van der Waals surface area contributed by atoms with Crippen molar-refractivity contribution < 1.29 is 14.3 Å². The molecule has 1 aromatic heterocycles. The SMILES string of the molecule is COC(=O)Cn1cc(C(N)=O)cn1. The van der Waals surface area contributed by atoms with Crippen LogP contribution < -0.4 is 5.73 Å². The lowest BCUT2D eigenvalue weighted by Gasteiger charge is -1.97. The van der Waals surface area contributed by atoms with Crippen molar-refractivity contribution >= 4 is 11.9 Å². The fraction of sp³-hybridized carbons (Fsp3) is 0.286. The summed E-state index contributed by atoms with van der Waals surface area (Å²) >= 11 is 0. The van der Waals surface area contributed by atoms with E-state index in [1.165, 1.54) is 24.2 Å². The summed E-state index contributed by atoms with van der Waals surface area (Å²) < 4.78 is 5.69. The molecular weight excluding hydrogens is 174 g/mol. The van der Waals surface area contributed by atoms with Crippen LogP contribution >= 0.6 is 0 Å². The molecule has 0 aliphatic rings. The van der Waals surface area contributed by atoms with Gasteiger partial charge in [0.05, 0.1) is 18.9 Å². The normalized spacial score (nSPS) is 9.62. The molecule has 0 unspecified atom stereocenters. The number of nitrogens with zero attached hydrogens (tertiary/aromatic N) is 2. The first kappa shape index (κ1) is 9.24. The fourth-order valence-electron chi connectivity index (χ4n) is 0.774. The first-order valence-corrected chi connectivity index (χ1v) is 3.52. The second-order valence-corrected chi connectivity index (χ2v) is 2.37. The molecular formula is C7H9N3O3. The Morgan fingerprint density at radius 1 is 1.69 bits per heavy atom. The molecule has 0 aliphatic heterocycles. The number of rotatable bonds is 3. The van der Waals surface area contributed by atoms with Crippen molar-refractivity contribution in [1.82, 2.24) is 9.78 Å². The minimum atomic E-state index is -0.573. The van der Waals surface area contributed by atoms with Gasteiger partial charge in [0, 0.05) is 6.20 Å². The van der Waals surface area contributed by atoms with Gasteiger partial charge < -0.3 is 10.5 Å². The number of hydrogen-bond donors (Lipinski definition) is 1. The largest absolute Gasteiger partial charge is 0.468 e. The molecule has 0 atom stereocenters. The van der Waals surface area contributed by atoms with E-state index >= 15 is 0 Å². The topological polar surface area (TPSA) is 87.2 Å². The summed E-state index contributed by atoms with van der Waals surface area (Å²) in [4.78, 5) is 21.4. The van der Waals surface area contributed by atoms with E-state index < -0.39 is 11.9 Å². The number of amides is 1. The molecule has 0 aliphatic carbocycles. The molecule has 0 spiro atoms. The molecule has 0 saturated carbocycles. The molecule has 13 heavy (non-hydrogen) atoms. The Balaban J connectivity index is 2.69. The van der Waals surface area contributed by atoms with Gasteiger partial charge in [-0.15, -0.1) is 0 Å². The number of ether oxygens (including phenoxy) is 1. The maximum atomic E-state index is 10.8. The van der Waals surface area contributed by atoms with Crippen LogP contribution in [0, 0.1) is 0 Å². The zero-order chi connectivity index (χ0) is 9.84. The number of nitrogens with two attached hydrogens (primary N) is 1. The number of esters is 1. The quantitative estimate of drug-likeness (QED) is 0.618. The maximum Gasteiger partial charge on any atom is 0.327 e. The summed E-state index contributed by atoms with van der Waals surface area (Å²) in [7, 11) is 1.28. The van der Waals surface area contributed by atoms with Crippen LogP contribution in [0.3, 0.4) is 0 Å². The first-order valence-electron chi connectivity index (χ1n) is 3.52. The molecule has 0 aromatic carbocycles. The summed E-state index contributed by atoms with van der Waals surface area (Å²) in [5, 5.41) is 3.74. The highest BCUT2D eigenvalue weighted by molar-refractivity contribution is 5.92. The van der Waals surface area contributed by atoms with Gasteiger partial charge in [0.25, 0.3) is 5.91 Å². The fourth-order valence-corrected chi connectivity index (χ4v) is 0.774. The number of carbonyl (C=O) groups excluding carboxylic acids is 2. The van der Waals surface area contributed by atoms with Crippen LogP contribution in [0.25, 0.3) is 0 Å². The van der Waals surface area contributed by atoms with Gasteiger partial charge in [-0.05, 0) is 0 Å². The summed E-state index contributed by atoms with van der Waals surface area (Å²) in [6, 6.07) is 0. The predicted molar refractivity (Wildman–Crippen MR) is 42.8 cm³/mol. The smallest absolute Gasteiger partial charge is 0.327 e. The number of hydrogen-bond acceptors (Lipinski definition) is 4. The summed E-state index contributed by atoms with van der Waals surface area (Å²) in [6.45, 7) is -0.0240. The Morgan fingerprint density at radius 2 is 2.38 bits per heavy atom. The van der Waals surface area contributed by atoms with Crippen molar-refractivity contribution in [3.63, 3.8) is 0 Å². The van der Waals surface area contributed by atoms with Gasteiger partial charge in [0.2, 0.25) is 0 Å². The van der Waals surface area contributed by atoms with Gasteiger partial charge in [-0.25, -0.2) is 0 Å². The Hall–Kier alpha value is -1.85. The van der Waals surface area contributed by atoms with E-state index in [0.29, 0.717) is 0 Å². The van der Waals surface area contributed by atoms with Crippen LogP contribution in [0.1, 0.15) is 10.4 Å². The van der Waals surface area contributed by atoms with Crippen LogP contribution in [0.15, 0.2) is 12.4 Å². The van der Waals surface area contributed by atoms with E-state index in [1.54, 1.807) is 0 Å². The predicted octanol–water partition coefficient (Wildman–Crippen LogP) is -0.845. The van der Waals surface area contributed by atoms with Gasteiger partial charge >= 0.3 is 5.97 Å². The van der Waals surface area contributed by atoms with Crippen molar-refractivity contribution in [2.45, 2.75) is 6.54 Å². The van der Waals surface area contributed by atoms with Crippen molar-refractivity contribution in [3.8, 4) is 0 Å². The van der Waals surface area contributed by atoms with E-state index in [2.05, 4.69) is 9.84 Å². The highest BCUT2D eigenvalue weighted by atomic mass is 16.5. The number of carbonyl (C=O) groups is 2. The van der Waals surface area contributed by atoms with E-state index in [9.17, 15) is 9.59 Å².